The molecule has 3 N–H and O–H groups in total. The van der Waals surface area contributed by atoms with Crippen molar-refractivity contribution in [2.75, 3.05) is 0 Å². The van der Waals surface area contributed by atoms with E-state index >= 15 is 0 Å². The SMILES string of the molecule is CCCC1(O)[C@H](C)[C@@H](c2ccccc2)[NH2+][C@H](c2ccccc2)[C@@H]1C. The third kappa shape index (κ3) is 3.01. The van der Waals surface area contributed by atoms with E-state index < -0.39 is 5.60 Å². The Morgan fingerprint density at radius 2 is 1.25 bits per heavy atom. The maximum Gasteiger partial charge on any atom is 0.117 e. The summed E-state index contributed by atoms with van der Waals surface area (Å²) < 4.78 is 0. The molecule has 0 bridgehead atoms. The summed E-state index contributed by atoms with van der Waals surface area (Å²) in [5, 5.41) is 14.1. The Labute approximate surface area is 145 Å². The average Bonchev–Trinajstić information content (AvgIpc) is 2.62. The van der Waals surface area contributed by atoms with Crippen LogP contribution in [0.15, 0.2) is 60.7 Å². The van der Waals surface area contributed by atoms with Crippen LogP contribution in [0.25, 0.3) is 0 Å². The predicted octanol–water partition coefficient (Wildman–Crippen LogP) is 3.85. The molecule has 2 aromatic rings. The van der Waals surface area contributed by atoms with Gasteiger partial charge in [-0.3, -0.25) is 0 Å². The molecule has 0 spiro atoms. The molecule has 2 aromatic carbocycles. The monoisotopic (exact) mass is 324 g/mol. The molecule has 0 radical (unpaired) electrons. The molecule has 1 unspecified atom stereocenters. The molecule has 1 aliphatic rings. The molecule has 1 aliphatic heterocycles. The van der Waals surface area contributed by atoms with Crippen molar-refractivity contribution in [3.63, 3.8) is 0 Å². The largest absolute Gasteiger partial charge is 0.389 e. The van der Waals surface area contributed by atoms with Crippen molar-refractivity contribution < 1.29 is 10.4 Å². The average molecular weight is 324 g/mol. The quantitative estimate of drug-likeness (QED) is 0.880. The Hall–Kier alpha value is -1.64. The second-order valence-electron chi connectivity index (χ2n) is 7.38. The fraction of sp³-hybridized carbons (Fsp3) is 0.455. The Kier molecular flexibility index (Phi) is 5.07. The second kappa shape index (κ2) is 7.08. The molecular formula is C22H30NO+. The maximum atomic E-state index is 11.7. The topological polar surface area (TPSA) is 36.8 Å². The van der Waals surface area contributed by atoms with E-state index in [1.807, 2.05) is 0 Å². The molecule has 1 fully saturated rings. The summed E-state index contributed by atoms with van der Waals surface area (Å²) in [6, 6.07) is 21.9. The Morgan fingerprint density at radius 3 is 1.62 bits per heavy atom. The molecular weight excluding hydrogens is 294 g/mol. The van der Waals surface area contributed by atoms with Gasteiger partial charge in [0.05, 0.1) is 5.60 Å². The predicted molar refractivity (Wildman–Crippen MR) is 98.5 cm³/mol. The number of aliphatic hydroxyl groups is 1. The minimum absolute atomic E-state index is 0.217. The smallest absolute Gasteiger partial charge is 0.117 e. The van der Waals surface area contributed by atoms with Gasteiger partial charge in [-0.25, -0.2) is 0 Å². The summed E-state index contributed by atoms with van der Waals surface area (Å²) in [4.78, 5) is 0. The Balaban J connectivity index is 2.02. The molecule has 24 heavy (non-hydrogen) atoms. The highest BCUT2D eigenvalue weighted by Gasteiger charge is 2.53. The third-order valence-electron chi connectivity index (χ3n) is 6.09. The van der Waals surface area contributed by atoms with Crippen LogP contribution in [-0.2, 0) is 0 Å². The molecule has 2 heteroatoms. The van der Waals surface area contributed by atoms with Gasteiger partial charge in [0.1, 0.15) is 12.1 Å². The van der Waals surface area contributed by atoms with Crippen LogP contribution in [-0.4, -0.2) is 10.7 Å². The van der Waals surface area contributed by atoms with Gasteiger partial charge in [-0.1, -0.05) is 87.9 Å². The van der Waals surface area contributed by atoms with Gasteiger partial charge in [0, 0.05) is 23.0 Å². The first kappa shape index (κ1) is 17.2. The summed E-state index contributed by atoms with van der Waals surface area (Å²) in [7, 11) is 0. The van der Waals surface area contributed by atoms with Crippen LogP contribution in [0.1, 0.15) is 56.8 Å². The van der Waals surface area contributed by atoms with Crippen LogP contribution in [0, 0.1) is 11.8 Å². The Morgan fingerprint density at radius 1 is 0.833 bits per heavy atom. The highest BCUT2D eigenvalue weighted by Crippen LogP contribution is 2.44. The molecule has 0 amide bonds. The van der Waals surface area contributed by atoms with Crippen molar-refractivity contribution in [3.8, 4) is 0 Å². The van der Waals surface area contributed by atoms with Crippen LogP contribution >= 0.6 is 0 Å². The van der Waals surface area contributed by atoms with Gasteiger partial charge >= 0.3 is 0 Å². The number of benzene rings is 2. The van der Waals surface area contributed by atoms with Gasteiger partial charge in [-0.05, 0) is 6.42 Å². The van der Waals surface area contributed by atoms with E-state index in [1.165, 1.54) is 11.1 Å². The molecule has 3 rings (SSSR count). The minimum Gasteiger partial charge on any atom is -0.389 e. The summed E-state index contributed by atoms with van der Waals surface area (Å²) in [6.07, 6.45) is 1.87. The summed E-state index contributed by atoms with van der Waals surface area (Å²) >= 11 is 0. The van der Waals surface area contributed by atoms with Crippen molar-refractivity contribution >= 4 is 0 Å². The van der Waals surface area contributed by atoms with E-state index in [0.29, 0.717) is 0 Å². The molecule has 0 aliphatic carbocycles. The molecule has 0 aromatic heterocycles. The lowest BCUT2D eigenvalue weighted by molar-refractivity contribution is -0.764. The standard InChI is InChI=1S/C22H29NO/c1-4-15-22(24)16(2)20(18-11-7-5-8-12-18)23-21(17(22)3)19-13-9-6-10-14-19/h5-14,16-17,20-21,23-24H,4,15H2,1-3H3/p+1/t16-,17+,20-,21-,22?/m0/s1. The van der Waals surface area contributed by atoms with Crippen LogP contribution < -0.4 is 5.32 Å². The normalized spacial score (nSPS) is 33.3. The van der Waals surface area contributed by atoms with Gasteiger partial charge in [-0.2, -0.15) is 0 Å². The fourth-order valence-corrected chi connectivity index (χ4v) is 4.60. The highest BCUT2D eigenvalue weighted by molar-refractivity contribution is 5.23. The summed E-state index contributed by atoms with van der Waals surface area (Å²) in [5.41, 5.74) is 1.99. The summed E-state index contributed by atoms with van der Waals surface area (Å²) in [5.74, 6) is 0.435. The van der Waals surface area contributed by atoms with Gasteiger partial charge < -0.3 is 10.4 Å². The van der Waals surface area contributed by atoms with E-state index in [4.69, 9.17) is 0 Å². The number of rotatable bonds is 4. The van der Waals surface area contributed by atoms with Crippen LogP contribution in [0.4, 0.5) is 0 Å². The molecule has 0 saturated carbocycles. The minimum atomic E-state index is -0.634. The summed E-state index contributed by atoms with van der Waals surface area (Å²) in [6.45, 7) is 6.62. The van der Waals surface area contributed by atoms with Crippen molar-refractivity contribution in [2.24, 2.45) is 11.8 Å². The molecule has 1 heterocycles. The van der Waals surface area contributed by atoms with Gasteiger partial charge in [-0.15, -0.1) is 0 Å². The molecule has 128 valence electrons. The third-order valence-corrected chi connectivity index (χ3v) is 6.09. The first-order chi connectivity index (χ1) is 11.6. The lowest BCUT2D eigenvalue weighted by Gasteiger charge is -2.49. The number of hydrogen-bond acceptors (Lipinski definition) is 1. The second-order valence-corrected chi connectivity index (χ2v) is 7.38. The lowest BCUT2D eigenvalue weighted by Crippen LogP contribution is -2.93. The zero-order valence-corrected chi connectivity index (χ0v) is 15.0. The first-order valence-corrected chi connectivity index (χ1v) is 9.25. The van der Waals surface area contributed by atoms with Crippen molar-refractivity contribution in [1.29, 1.82) is 0 Å². The Bertz CT molecular complexity index is 588. The van der Waals surface area contributed by atoms with Crippen molar-refractivity contribution in [1.82, 2.24) is 0 Å². The van der Waals surface area contributed by atoms with E-state index in [0.717, 1.165) is 12.8 Å². The number of piperidine rings is 1. The van der Waals surface area contributed by atoms with Crippen LogP contribution in [0.3, 0.4) is 0 Å². The highest BCUT2D eigenvalue weighted by atomic mass is 16.3. The van der Waals surface area contributed by atoms with Gasteiger partial charge in [0.2, 0.25) is 0 Å². The van der Waals surface area contributed by atoms with Crippen molar-refractivity contribution in [2.45, 2.75) is 51.3 Å². The molecule has 2 nitrogen and oxygen atoms in total. The van der Waals surface area contributed by atoms with Crippen LogP contribution in [0.5, 0.6) is 0 Å². The van der Waals surface area contributed by atoms with E-state index in [1.54, 1.807) is 0 Å². The zero-order valence-electron chi connectivity index (χ0n) is 15.0. The van der Waals surface area contributed by atoms with Gasteiger partial charge in [0.15, 0.2) is 0 Å². The molecule has 5 atom stereocenters. The van der Waals surface area contributed by atoms with Crippen LogP contribution in [0.2, 0.25) is 0 Å². The zero-order chi connectivity index (χ0) is 17.2. The van der Waals surface area contributed by atoms with E-state index in [9.17, 15) is 5.11 Å². The van der Waals surface area contributed by atoms with Gasteiger partial charge in [0.25, 0.3) is 0 Å². The number of quaternary nitrogens is 1. The first-order valence-electron chi connectivity index (χ1n) is 9.25. The number of nitrogens with two attached hydrogens (primary N) is 1. The van der Waals surface area contributed by atoms with E-state index in [-0.39, 0.29) is 23.9 Å². The maximum absolute atomic E-state index is 11.7. The number of hydrogen-bond donors (Lipinski definition) is 2. The lowest BCUT2D eigenvalue weighted by atomic mass is 9.64. The van der Waals surface area contributed by atoms with Crippen molar-refractivity contribution in [3.05, 3.63) is 71.8 Å². The molecule has 1 saturated heterocycles. The fourth-order valence-electron chi connectivity index (χ4n) is 4.60. The van der Waals surface area contributed by atoms with E-state index in [2.05, 4.69) is 86.8 Å².